The third-order valence-electron chi connectivity index (χ3n) is 3.94. The molecule has 0 bridgehead atoms. The fraction of sp³-hybridized carbons (Fsp3) is 0.375. The van der Waals surface area contributed by atoms with E-state index >= 15 is 0 Å². The highest BCUT2D eigenvalue weighted by Gasteiger charge is 2.39. The summed E-state index contributed by atoms with van der Waals surface area (Å²) in [5.41, 5.74) is -0.225. The van der Waals surface area contributed by atoms with E-state index in [0.29, 0.717) is 0 Å². The molecule has 0 N–H and O–H groups in total. The summed E-state index contributed by atoms with van der Waals surface area (Å²) in [6, 6.07) is 9.14. The number of fused-ring (bicyclic) bond motifs is 1. The quantitative estimate of drug-likeness (QED) is 0.769. The maximum Gasteiger partial charge on any atom is 0.435 e. The van der Waals surface area contributed by atoms with Gasteiger partial charge in [-0.2, -0.15) is 13.2 Å². The molecule has 134 valence electrons. The number of hydrogen-bond donors (Lipinski definition) is 0. The van der Waals surface area contributed by atoms with Crippen LogP contribution in [0.1, 0.15) is 22.8 Å². The van der Waals surface area contributed by atoms with Crippen molar-refractivity contribution >= 4 is 17.7 Å². The van der Waals surface area contributed by atoms with Gasteiger partial charge in [0.1, 0.15) is 12.4 Å². The topological polar surface area (TPSA) is 47.4 Å². The largest absolute Gasteiger partial charge is 0.445 e. The Morgan fingerprint density at radius 2 is 1.96 bits per heavy atom. The first kappa shape index (κ1) is 17.6. The van der Waals surface area contributed by atoms with Gasteiger partial charge in [-0.1, -0.05) is 30.3 Å². The number of ether oxygens (including phenoxy) is 1. The van der Waals surface area contributed by atoms with Crippen molar-refractivity contribution in [3.05, 3.63) is 53.1 Å². The molecule has 1 aliphatic rings. The van der Waals surface area contributed by atoms with E-state index in [-0.39, 0.29) is 43.6 Å². The van der Waals surface area contributed by atoms with Crippen LogP contribution >= 0.6 is 11.6 Å². The molecule has 9 heteroatoms. The molecular weight excluding hydrogens is 359 g/mol. The molecule has 0 unspecified atom stereocenters. The highest BCUT2D eigenvalue weighted by atomic mass is 35.5. The number of rotatable bonds is 3. The maximum absolute atomic E-state index is 13.0. The van der Waals surface area contributed by atoms with Crippen LogP contribution in [0.25, 0.3) is 0 Å². The fourth-order valence-electron chi connectivity index (χ4n) is 2.72. The van der Waals surface area contributed by atoms with E-state index in [1.807, 2.05) is 30.3 Å². The van der Waals surface area contributed by atoms with Gasteiger partial charge in [0.15, 0.2) is 5.69 Å². The molecule has 0 saturated heterocycles. The Kier molecular flexibility index (Phi) is 4.89. The summed E-state index contributed by atoms with van der Waals surface area (Å²) in [4.78, 5) is 17.1. The minimum atomic E-state index is -4.58. The molecular formula is C16H15ClF3N3O2. The molecule has 0 saturated carbocycles. The van der Waals surface area contributed by atoms with Gasteiger partial charge in [-0.3, -0.25) is 4.90 Å². The summed E-state index contributed by atoms with van der Waals surface area (Å²) >= 11 is 5.67. The lowest BCUT2D eigenvalue weighted by atomic mass is 10.2. The molecule has 1 aromatic carbocycles. The molecule has 1 amide bonds. The molecule has 0 radical (unpaired) electrons. The maximum atomic E-state index is 13.0. The number of nitrogens with zero attached hydrogens (tertiary/aromatic N) is 3. The summed E-state index contributed by atoms with van der Waals surface area (Å²) in [6.45, 7) is 0.484. The molecule has 0 spiro atoms. The van der Waals surface area contributed by atoms with Crippen LogP contribution in [0.2, 0.25) is 0 Å². The van der Waals surface area contributed by atoms with Crippen molar-refractivity contribution in [3.63, 3.8) is 0 Å². The van der Waals surface area contributed by atoms with Crippen LogP contribution in [-0.4, -0.2) is 27.1 Å². The predicted octanol–water partition coefficient (Wildman–Crippen LogP) is 3.79. The first-order valence-electron chi connectivity index (χ1n) is 7.57. The van der Waals surface area contributed by atoms with E-state index in [9.17, 15) is 18.0 Å². The Morgan fingerprint density at radius 1 is 1.24 bits per heavy atom. The second-order valence-electron chi connectivity index (χ2n) is 5.57. The minimum absolute atomic E-state index is 0.0480. The Hall–Kier alpha value is -2.22. The van der Waals surface area contributed by atoms with Crippen molar-refractivity contribution in [1.82, 2.24) is 14.5 Å². The molecule has 0 atom stereocenters. The molecule has 2 heterocycles. The highest BCUT2D eigenvalue weighted by Crippen LogP contribution is 2.33. The van der Waals surface area contributed by atoms with Crippen LogP contribution in [0.3, 0.4) is 0 Å². The molecule has 1 aliphatic heterocycles. The number of carbonyl (C=O) groups excluding carboxylic acids is 1. The second-order valence-corrected chi connectivity index (χ2v) is 5.84. The van der Waals surface area contributed by atoms with E-state index in [1.165, 1.54) is 9.47 Å². The number of alkyl halides is 4. The first-order valence-corrected chi connectivity index (χ1v) is 8.10. The summed E-state index contributed by atoms with van der Waals surface area (Å²) < 4.78 is 45.8. The molecule has 1 aromatic heterocycles. The Bertz CT molecular complexity index is 762. The number of hydrogen-bond acceptors (Lipinski definition) is 3. The first-order chi connectivity index (χ1) is 11.9. The lowest BCUT2D eigenvalue weighted by molar-refractivity contribution is -0.141. The predicted molar refractivity (Wildman–Crippen MR) is 83.8 cm³/mol. The third-order valence-corrected chi connectivity index (χ3v) is 4.19. The van der Waals surface area contributed by atoms with Crippen LogP contribution in [0.4, 0.5) is 18.0 Å². The fourth-order valence-corrected chi connectivity index (χ4v) is 2.99. The number of amides is 1. The van der Waals surface area contributed by atoms with Crippen LogP contribution < -0.4 is 0 Å². The average molecular weight is 374 g/mol. The van der Waals surface area contributed by atoms with Crippen LogP contribution in [-0.2, 0) is 36.5 Å². The van der Waals surface area contributed by atoms with Gasteiger partial charge < -0.3 is 9.30 Å². The lowest BCUT2D eigenvalue weighted by Gasteiger charge is -2.27. The van der Waals surface area contributed by atoms with Crippen LogP contribution in [0.5, 0.6) is 0 Å². The number of benzene rings is 1. The summed E-state index contributed by atoms with van der Waals surface area (Å²) in [5, 5.41) is 0. The van der Waals surface area contributed by atoms with Crippen LogP contribution in [0.15, 0.2) is 30.3 Å². The molecule has 0 fully saturated rings. The van der Waals surface area contributed by atoms with Crippen molar-refractivity contribution in [2.45, 2.75) is 31.8 Å². The molecule has 25 heavy (non-hydrogen) atoms. The third kappa shape index (κ3) is 3.73. The van der Waals surface area contributed by atoms with Gasteiger partial charge in [0.05, 0.1) is 18.1 Å². The van der Waals surface area contributed by atoms with Gasteiger partial charge in [0, 0.05) is 13.1 Å². The van der Waals surface area contributed by atoms with E-state index in [4.69, 9.17) is 16.3 Å². The summed E-state index contributed by atoms with van der Waals surface area (Å²) in [7, 11) is 0. The summed E-state index contributed by atoms with van der Waals surface area (Å²) in [6.07, 6.45) is -5.16. The normalized spacial score (nSPS) is 14.3. The number of halogens is 4. The van der Waals surface area contributed by atoms with Gasteiger partial charge in [-0.25, -0.2) is 9.78 Å². The average Bonchev–Trinajstić information content (AvgIpc) is 2.98. The van der Waals surface area contributed by atoms with Crippen molar-refractivity contribution in [2.75, 3.05) is 6.54 Å². The van der Waals surface area contributed by atoms with Gasteiger partial charge in [-0.15, -0.1) is 11.6 Å². The van der Waals surface area contributed by atoms with E-state index in [1.54, 1.807) is 0 Å². The van der Waals surface area contributed by atoms with Gasteiger partial charge in [0.25, 0.3) is 0 Å². The molecule has 3 rings (SSSR count). The standard InChI is InChI=1S/C16H15ClF3N3O2/c17-8-12-14(16(18,19)20)21-13-9-22(6-7-23(12)13)15(24)25-10-11-4-2-1-3-5-11/h1-5H,6-10H2. The lowest BCUT2D eigenvalue weighted by Crippen LogP contribution is -2.39. The van der Waals surface area contributed by atoms with Gasteiger partial charge in [0.2, 0.25) is 0 Å². The zero-order valence-corrected chi connectivity index (χ0v) is 13.8. The Labute approximate surface area is 147 Å². The van der Waals surface area contributed by atoms with Crippen molar-refractivity contribution < 1.29 is 22.7 Å². The van der Waals surface area contributed by atoms with Crippen molar-refractivity contribution in [2.24, 2.45) is 0 Å². The molecule has 2 aromatic rings. The molecule has 0 aliphatic carbocycles. The zero-order valence-electron chi connectivity index (χ0n) is 13.1. The van der Waals surface area contributed by atoms with Gasteiger partial charge >= 0.3 is 12.3 Å². The smallest absolute Gasteiger partial charge is 0.435 e. The van der Waals surface area contributed by atoms with Gasteiger partial charge in [-0.05, 0) is 5.56 Å². The highest BCUT2D eigenvalue weighted by molar-refractivity contribution is 6.17. The second kappa shape index (κ2) is 6.95. The van der Waals surface area contributed by atoms with E-state index < -0.39 is 18.0 Å². The summed E-state index contributed by atoms with van der Waals surface area (Å²) in [5.74, 6) is -0.133. The number of imidazole rings is 1. The number of aromatic nitrogens is 2. The van der Waals surface area contributed by atoms with E-state index in [0.717, 1.165) is 5.56 Å². The number of carbonyl (C=O) groups is 1. The van der Waals surface area contributed by atoms with Crippen LogP contribution in [0, 0.1) is 0 Å². The minimum Gasteiger partial charge on any atom is -0.445 e. The van der Waals surface area contributed by atoms with E-state index in [2.05, 4.69) is 4.98 Å². The SMILES string of the molecule is O=C(OCc1ccccc1)N1CCn2c(nc(C(F)(F)F)c2CCl)C1. The zero-order chi connectivity index (χ0) is 18.0. The Balaban J connectivity index is 1.70. The molecule has 5 nitrogen and oxygen atoms in total. The van der Waals surface area contributed by atoms with Crippen molar-refractivity contribution in [1.29, 1.82) is 0 Å². The Morgan fingerprint density at radius 3 is 2.60 bits per heavy atom. The van der Waals surface area contributed by atoms with Crippen molar-refractivity contribution in [3.8, 4) is 0 Å². The monoisotopic (exact) mass is 373 g/mol.